The second-order valence-electron chi connectivity index (χ2n) is 4.28. The average Bonchev–Trinajstić information content (AvgIpc) is 2.34. The number of carbonyl (C=O) groups excluding carboxylic acids is 1. The van der Waals surface area contributed by atoms with Gasteiger partial charge in [-0.25, -0.2) is 0 Å². The van der Waals surface area contributed by atoms with Gasteiger partial charge in [0.05, 0.1) is 6.04 Å². The SMILES string of the molecule is Cc1cccc(N(C)C(=O)C(N)CCC(=O)O)c1. The van der Waals surface area contributed by atoms with Gasteiger partial charge in [-0.1, -0.05) is 12.1 Å². The van der Waals surface area contributed by atoms with Gasteiger partial charge < -0.3 is 15.7 Å². The number of anilines is 1. The zero-order chi connectivity index (χ0) is 13.7. The molecule has 1 unspecified atom stereocenters. The van der Waals surface area contributed by atoms with Crippen LogP contribution >= 0.6 is 0 Å². The normalized spacial score (nSPS) is 11.9. The summed E-state index contributed by atoms with van der Waals surface area (Å²) in [6, 6.07) is 6.70. The van der Waals surface area contributed by atoms with Crippen LogP contribution in [0.25, 0.3) is 0 Å². The van der Waals surface area contributed by atoms with E-state index in [2.05, 4.69) is 0 Å². The van der Waals surface area contributed by atoms with Crippen molar-refractivity contribution in [1.82, 2.24) is 0 Å². The molecule has 0 aliphatic heterocycles. The molecule has 1 rings (SSSR count). The highest BCUT2D eigenvalue weighted by Crippen LogP contribution is 2.15. The molecule has 5 nitrogen and oxygen atoms in total. The third-order valence-electron chi connectivity index (χ3n) is 2.71. The Labute approximate surface area is 106 Å². The van der Waals surface area contributed by atoms with Crippen LogP contribution in [0.15, 0.2) is 24.3 Å². The van der Waals surface area contributed by atoms with Crippen LogP contribution in [0.1, 0.15) is 18.4 Å². The first-order valence-corrected chi connectivity index (χ1v) is 5.73. The van der Waals surface area contributed by atoms with Crippen LogP contribution < -0.4 is 10.6 Å². The number of nitrogens with zero attached hydrogens (tertiary/aromatic N) is 1. The number of benzene rings is 1. The molecular formula is C13H18N2O3. The predicted octanol–water partition coefficient (Wildman–Crippen LogP) is 1.15. The smallest absolute Gasteiger partial charge is 0.303 e. The van der Waals surface area contributed by atoms with Gasteiger partial charge >= 0.3 is 5.97 Å². The van der Waals surface area contributed by atoms with Crippen LogP contribution in [0.4, 0.5) is 5.69 Å². The van der Waals surface area contributed by atoms with Crippen LogP contribution in [-0.2, 0) is 9.59 Å². The van der Waals surface area contributed by atoms with Crippen LogP contribution in [0.2, 0.25) is 0 Å². The molecule has 0 aliphatic rings. The number of hydrogen-bond acceptors (Lipinski definition) is 3. The van der Waals surface area contributed by atoms with Crippen molar-refractivity contribution in [1.29, 1.82) is 0 Å². The highest BCUT2D eigenvalue weighted by Gasteiger charge is 2.19. The number of carboxylic acid groups (broad SMARTS) is 1. The lowest BCUT2D eigenvalue weighted by atomic mass is 10.1. The third kappa shape index (κ3) is 3.85. The van der Waals surface area contributed by atoms with Crippen molar-refractivity contribution in [3.8, 4) is 0 Å². The minimum Gasteiger partial charge on any atom is -0.481 e. The summed E-state index contributed by atoms with van der Waals surface area (Å²) in [5.41, 5.74) is 7.49. The topological polar surface area (TPSA) is 83.6 Å². The first kappa shape index (κ1) is 14.2. The fourth-order valence-corrected chi connectivity index (χ4v) is 1.62. The van der Waals surface area contributed by atoms with E-state index in [1.165, 1.54) is 4.90 Å². The lowest BCUT2D eigenvalue weighted by Gasteiger charge is -2.21. The molecule has 0 bridgehead atoms. The summed E-state index contributed by atoms with van der Waals surface area (Å²) in [6.45, 7) is 1.94. The van der Waals surface area contributed by atoms with Crippen molar-refractivity contribution in [2.45, 2.75) is 25.8 Å². The fourth-order valence-electron chi connectivity index (χ4n) is 1.62. The number of nitrogens with two attached hydrogens (primary N) is 1. The Balaban J connectivity index is 2.68. The molecule has 0 radical (unpaired) electrons. The Morgan fingerprint density at radius 3 is 2.67 bits per heavy atom. The van der Waals surface area contributed by atoms with Gasteiger partial charge in [-0.2, -0.15) is 0 Å². The monoisotopic (exact) mass is 250 g/mol. The number of carboxylic acids is 1. The summed E-state index contributed by atoms with van der Waals surface area (Å²) in [5.74, 6) is -1.22. The zero-order valence-electron chi connectivity index (χ0n) is 10.6. The number of likely N-dealkylation sites (N-methyl/N-ethyl adjacent to an activating group) is 1. The van der Waals surface area contributed by atoms with E-state index >= 15 is 0 Å². The number of amides is 1. The van der Waals surface area contributed by atoms with E-state index in [4.69, 9.17) is 10.8 Å². The standard InChI is InChI=1S/C13H18N2O3/c1-9-4-3-5-10(8-9)15(2)13(18)11(14)6-7-12(16)17/h3-5,8,11H,6-7,14H2,1-2H3,(H,16,17). The molecule has 1 amide bonds. The summed E-state index contributed by atoms with van der Waals surface area (Å²) in [6.07, 6.45) is 0.0406. The van der Waals surface area contributed by atoms with Gasteiger partial charge in [-0.05, 0) is 31.0 Å². The molecule has 1 aromatic rings. The van der Waals surface area contributed by atoms with Gasteiger partial charge in [-0.15, -0.1) is 0 Å². The molecule has 0 saturated heterocycles. The van der Waals surface area contributed by atoms with Crippen molar-refractivity contribution in [3.63, 3.8) is 0 Å². The van der Waals surface area contributed by atoms with E-state index in [9.17, 15) is 9.59 Å². The summed E-state index contributed by atoms with van der Waals surface area (Å²) in [4.78, 5) is 23.9. The minimum absolute atomic E-state index is 0.103. The Bertz CT molecular complexity index is 446. The van der Waals surface area contributed by atoms with Crippen molar-refractivity contribution >= 4 is 17.6 Å². The number of aryl methyl sites for hydroxylation is 1. The Morgan fingerprint density at radius 1 is 1.44 bits per heavy atom. The van der Waals surface area contributed by atoms with E-state index in [1.54, 1.807) is 7.05 Å². The van der Waals surface area contributed by atoms with Crippen LogP contribution in [-0.4, -0.2) is 30.1 Å². The molecule has 5 heteroatoms. The molecule has 3 N–H and O–H groups in total. The highest BCUT2D eigenvalue weighted by molar-refractivity contribution is 5.96. The molecular weight excluding hydrogens is 232 g/mol. The molecule has 0 heterocycles. The van der Waals surface area contributed by atoms with E-state index < -0.39 is 12.0 Å². The van der Waals surface area contributed by atoms with Crippen LogP contribution in [0.3, 0.4) is 0 Å². The molecule has 0 spiro atoms. The van der Waals surface area contributed by atoms with Crippen molar-refractivity contribution in [2.75, 3.05) is 11.9 Å². The summed E-state index contributed by atoms with van der Waals surface area (Å²) in [7, 11) is 1.64. The number of aliphatic carboxylic acids is 1. The average molecular weight is 250 g/mol. The van der Waals surface area contributed by atoms with Crippen molar-refractivity contribution in [2.24, 2.45) is 5.73 Å². The fraction of sp³-hybridized carbons (Fsp3) is 0.385. The maximum Gasteiger partial charge on any atom is 0.303 e. The van der Waals surface area contributed by atoms with E-state index in [-0.39, 0.29) is 18.7 Å². The first-order chi connectivity index (χ1) is 8.41. The summed E-state index contributed by atoms with van der Waals surface area (Å²) in [5, 5.41) is 8.56. The van der Waals surface area contributed by atoms with E-state index in [0.29, 0.717) is 0 Å². The van der Waals surface area contributed by atoms with Crippen molar-refractivity contribution in [3.05, 3.63) is 29.8 Å². The second kappa shape index (κ2) is 6.16. The van der Waals surface area contributed by atoms with Gasteiger partial charge in [0.15, 0.2) is 0 Å². The van der Waals surface area contributed by atoms with Gasteiger partial charge in [0.2, 0.25) is 5.91 Å². The molecule has 1 aromatic carbocycles. The lowest BCUT2D eigenvalue weighted by molar-refractivity contribution is -0.137. The van der Waals surface area contributed by atoms with Crippen LogP contribution in [0, 0.1) is 6.92 Å². The van der Waals surface area contributed by atoms with Gasteiger partial charge in [0.1, 0.15) is 0 Å². The molecule has 0 saturated carbocycles. The molecule has 18 heavy (non-hydrogen) atoms. The van der Waals surface area contributed by atoms with Crippen molar-refractivity contribution < 1.29 is 14.7 Å². The molecule has 0 fully saturated rings. The lowest BCUT2D eigenvalue weighted by Crippen LogP contribution is -2.42. The van der Waals surface area contributed by atoms with Gasteiger partial charge in [0.25, 0.3) is 0 Å². The van der Waals surface area contributed by atoms with Gasteiger partial charge in [0, 0.05) is 19.2 Å². The largest absolute Gasteiger partial charge is 0.481 e. The molecule has 1 atom stereocenters. The predicted molar refractivity (Wildman–Crippen MR) is 69.4 cm³/mol. The minimum atomic E-state index is -0.948. The molecule has 0 aliphatic carbocycles. The van der Waals surface area contributed by atoms with E-state index in [0.717, 1.165) is 11.3 Å². The molecule has 98 valence electrons. The van der Waals surface area contributed by atoms with Crippen LogP contribution in [0.5, 0.6) is 0 Å². The first-order valence-electron chi connectivity index (χ1n) is 5.73. The Kier molecular flexibility index (Phi) is 4.85. The maximum atomic E-state index is 12.0. The van der Waals surface area contributed by atoms with E-state index in [1.807, 2.05) is 31.2 Å². The Morgan fingerprint density at radius 2 is 2.11 bits per heavy atom. The molecule has 0 aromatic heterocycles. The third-order valence-corrected chi connectivity index (χ3v) is 2.71. The zero-order valence-corrected chi connectivity index (χ0v) is 10.6. The number of hydrogen-bond donors (Lipinski definition) is 2. The number of rotatable bonds is 5. The second-order valence-corrected chi connectivity index (χ2v) is 4.28. The summed E-state index contributed by atoms with van der Waals surface area (Å²) < 4.78 is 0. The quantitative estimate of drug-likeness (QED) is 0.821. The Hall–Kier alpha value is -1.88. The summed E-state index contributed by atoms with van der Waals surface area (Å²) >= 11 is 0. The maximum absolute atomic E-state index is 12.0. The number of carbonyl (C=O) groups is 2. The van der Waals surface area contributed by atoms with Gasteiger partial charge in [-0.3, -0.25) is 9.59 Å². The highest BCUT2D eigenvalue weighted by atomic mass is 16.4.